The predicted octanol–water partition coefficient (Wildman–Crippen LogP) is 2.77. The summed E-state index contributed by atoms with van der Waals surface area (Å²) in [4.78, 5) is 2.49. The van der Waals surface area contributed by atoms with E-state index in [0.29, 0.717) is 0 Å². The third-order valence-corrected chi connectivity index (χ3v) is 3.80. The molecule has 0 unspecified atom stereocenters. The lowest BCUT2D eigenvalue weighted by Crippen LogP contribution is -2.30. The second kappa shape index (κ2) is 5.48. The maximum atomic E-state index is 5.87. The second-order valence-electron chi connectivity index (χ2n) is 4.33. The lowest BCUT2D eigenvalue weighted by Gasteiger charge is -2.31. The van der Waals surface area contributed by atoms with Gasteiger partial charge in [-0.2, -0.15) is 11.8 Å². The molecule has 88 valence electrons. The summed E-state index contributed by atoms with van der Waals surface area (Å²) in [6.07, 6.45) is 5.91. The van der Waals surface area contributed by atoms with E-state index in [4.69, 9.17) is 5.73 Å². The normalized spacial score (nSPS) is 14.9. The van der Waals surface area contributed by atoms with Gasteiger partial charge >= 0.3 is 0 Å². The van der Waals surface area contributed by atoms with Gasteiger partial charge in [0.2, 0.25) is 0 Å². The highest BCUT2D eigenvalue weighted by atomic mass is 32.2. The van der Waals surface area contributed by atoms with Crippen molar-refractivity contribution in [1.29, 1.82) is 0 Å². The van der Waals surface area contributed by atoms with Gasteiger partial charge in [-0.15, -0.1) is 0 Å². The number of nitrogens with two attached hydrogens (primary N) is 1. The van der Waals surface area contributed by atoms with Gasteiger partial charge in [-0.1, -0.05) is 6.07 Å². The average molecular weight is 236 g/mol. The van der Waals surface area contributed by atoms with Crippen molar-refractivity contribution in [1.82, 2.24) is 0 Å². The Labute approximate surface area is 102 Å². The summed E-state index contributed by atoms with van der Waals surface area (Å²) in [5.74, 6) is 1.24. The maximum absolute atomic E-state index is 5.87. The van der Waals surface area contributed by atoms with Crippen LogP contribution in [0.5, 0.6) is 0 Å². The van der Waals surface area contributed by atoms with Gasteiger partial charge in [-0.25, -0.2) is 0 Å². The van der Waals surface area contributed by atoms with Gasteiger partial charge in [0.15, 0.2) is 0 Å². The van der Waals surface area contributed by atoms with Gasteiger partial charge in [0, 0.05) is 24.5 Å². The number of anilines is 2. The van der Waals surface area contributed by atoms with Crippen molar-refractivity contribution >= 4 is 23.1 Å². The van der Waals surface area contributed by atoms with Crippen LogP contribution in [-0.2, 0) is 6.42 Å². The highest BCUT2D eigenvalue weighted by molar-refractivity contribution is 7.98. The third kappa shape index (κ3) is 2.64. The SMILES string of the molecule is CSCCCN1CCCc2ccc(N)cc21. The Balaban J connectivity index is 2.09. The van der Waals surface area contributed by atoms with E-state index in [1.54, 1.807) is 0 Å². The van der Waals surface area contributed by atoms with Crippen molar-refractivity contribution in [2.24, 2.45) is 0 Å². The zero-order chi connectivity index (χ0) is 11.4. The van der Waals surface area contributed by atoms with Crippen molar-refractivity contribution in [3.05, 3.63) is 23.8 Å². The van der Waals surface area contributed by atoms with Crippen molar-refractivity contribution < 1.29 is 0 Å². The fourth-order valence-electron chi connectivity index (χ4n) is 2.30. The quantitative estimate of drug-likeness (QED) is 0.644. The van der Waals surface area contributed by atoms with Gasteiger partial charge < -0.3 is 10.6 Å². The summed E-state index contributed by atoms with van der Waals surface area (Å²) in [5, 5.41) is 0. The van der Waals surface area contributed by atoms with Gasteiger partial charge in [0.1, 0.15) is 0 Å². The minimum Gasteiger partial charge on any atom is -0.399 e. The molecule has 0 saturated heterocycles. The van der Waals surface area contributed by atoms with Crippen LogP contribution in [0.4, 0.5) is 11.4 Å². The van der Waals surface area contributed by atoms with Crippen LogP contribution in [-0.4, -0.2) is 25.1 Å². The summed E-state index contributed by atoms with van der Waals surface area (Å²) in [7, 11) is 0. The molecule has 2 nitrogen and oxygen atoms in total. The minimum absolute atomic E-state index is 0.885. The molecule has 2 N–H and O–H groups in total. The highest BCUT2D eigenvalue weighted by Crippen LogP contribution is 2.29. The van der Waals surface area contributed by atoms with E-state index in [1.807, 2.05) is 17.8 Å². The van der Waals surface area contributed by atoms with E-state index in [1.165, 1.54) is 42.8 Å². The van der Waals surface area contributed by atoms with Crippen molar-refractivity contribution in [3.63, 3.8) is 0 Å². The largest absolute Gasteiger partial charge is 0.399 e. The zero-order valence-corrected chi connectivity index (χ0v) is 10.7. The molecule has 0 fully saturated rings. The molecule has 1 aromatic rings. The number of benzene rings is 1. The zero-order valence-electron chi connectivity index (χ0n) is 9.91. The predicted molar refractivity (Wildman–Crippen MR) is 74.4 cm³/mol. The molecule has 0 radical (unpaired) electrons. The van der Waals surface area contributed by atoms with Gasteiger partial charge in [-0.3, -0.25) is 0 Å². The molecule has 0 bridgehead atoms. The Morgan fingerprint density at radius 2 is 2.31 bits per heavy atom. The molecular weight excluding hydrogens is 216 g/mol. The molecule has 0 spiro atoms. The first-order valence-electron chi connectivity index (χ1n) is 5.93. The molecule has 3 heteroatoms. The van der Waals surface area contributed by atoms with Crippen LogP contribution in [0.15, 0.2) is 18.2 Å². The molecule has 1 aliphatic rings. The van der Waals surface area contributed by atoms with Gasteiger partial charge in [0.25, 0.3) is 0 Å². The topological polar surface area (TPSA) is 29.3 Å². The van der Waals surface area contributed by atoms with Crippen LogP contribution < -0.4 is 10.6 Å². The first kappa shape index (κ1) is 11.6. The average Bonchev–Trinajstić information content (AvgIpc) is 2.30. The van der Waals surface area contributed by atoms with Crippen LogP contribution >= 0.6 is 11.8 Å². The van der Waals surface area contributed by atoms with E-state index in [2.05, 4.69) is 23.3 Å². The van der Waals surface area contributed by atoms with E-state index >= 15 is 0 Å². The Hall–Kier alpha value is -0.830. The molecule has 0 aromatic heterocycles. The Morgan fingerprint density at radius 1 is 1.44 bits per heavy atom. The summed E-state index contributed by atoms with van der Waals surface area (Å²) < 4.78 is 0. The van der Waals surface area contributed by atoms with E-state index in [9.17, 15) is 0 Å². The first-order valence-corrected chi connectivity index (χ1v) is 7.33. The molecule has 0 saturated carbocycles. The van der Waals surface area contributed by atoms with Crippen LogP contribution in [0.1, 0.15) is 18.4 Å². The van der Waals surface area contributed by atoms with Crippen molar-refractivity contribution in [3.8, 4) is 0 Å². The standard InChI is InChI=1S/C13H20N2S/c1-16-9-3-8-15-7-2-4-11-5-6-12(14)10-13(11)15/h5-6,10H,2-4,7-9,14H2,1H3. The molecule has 2 rings (SSSR count). The maximum Gasteiger partial charge on any atom is 0.0419 e. The molecule has 1 heterocycles. The number of fused-ring (bicyclic) bond motifs is 1. The van der Waals surface area contributed by atoms with E-state index in [0.717, 1.165) is 12.2 Å². The Bertz CT molecular complexity index is 352. The monoisotopic (exact) mass is 236 g/mol. The third-order valence-electron chi connectivity index (χ3n) is 3.10. The second-order valence-corrected chi connectivity index (χ2v) is 5.31. The molecule has 1 aromatic carbocycles. The smallest absolute Gasteiger partial charge is 0.0419 e. The summed E-state index contributed by atoms with van der Waals surface area (Å²) in [6.45, 7) is 2.35. The van der Waals surface area contributed by atoms with E-state index in [-0.39, 0.29) is 0 Å². The Morgan fingerprint density at radius 3 is 3.12 bits per heavy atom. The van der Waals surface area contributed by atoms with Crippen molar-refractivity contribution in [2.75, 3.05) is 35.7 Å². The lowest BCUT2D eigenvalue weighted by atomic mass is 10.0. The van der Waals surface area contributed by atoms with Crippen molar-refractivity contribution in [2.45, 2.75) is 19.3 Å². The van der Waals surface area contributed by atoms with Gasteiger partial charge in [-0.05, 0) is 49.0 Å². The van der Waals surface area contributed by atoms with Gasteiger partial charge in [0.05, 0.1) is 0 Å². The fraction of sp³-hybridized carbons (Fsp3) is 0.538. The lowest BCUT2D eigenvalue weighted by molar-refractivity contribution is 0.683. The number of rotatable bonds is 4. The number of hydrogen-bond donors (Lipinski definition) is 1. The number of nitrogen functional groups attached to an aromatic ring is 1. The van der Waals surface area contributed by atoms with Crippen LogP contribution in [0.3, 0.4) is 0 Å². The fourth-order valence-corrected chi connectivity index (χ4v) is 2.72. The molecule has 0 amide bonds. The minimum atomic E-state index is 0.885. The summed E-state index contributed by atoms with van der Waals surface area (Å²) >= 11 is 1.92. The molecule has 0 aliphatic carbocycles. The molecule has 16 heavy (non-hydrogen) atoms. The number of hydrogen-bond acceptors (Lipinski definition) is 3. The first-order chi connectivity index (χ1) is 7.81. The van der Waals surface area contributed by atoms with Crippen LogP contribution in [0.2, 0.25) is 0 Å². The molecule has 1 aliphatic heterocycles. The highest BCUT2D eigenvalue weighted by Gasteiger charge is 2.16. The molecule has 0 atom stereocenters. The summed E-state index contributed by atoms with van der Waals surface area (Å²) in [6, 6.07) is 6.34. The summed E-state index contributed by atoms with van der Waals surface area (Å²) in [5.41, 5.74) is 9.58. The molecular formula is C13H20N2S. The van der Waals surface area contributed by atoms with E-state index < -0.39 is 0 Å². The van der Waals surface area contributed by atoms with Crippen LogP contribution in [0, 0.1) is 0 Å². The number of aryl methyl sites for hydroxylation is 1. The van der Waals surface area contributed by atoms with Crippen LogP contribution in [0.25, 0.3) is 0 Å². The number of thioether (sulfide) groups is 1. The number of nitrogens with zero attached hydrogens (tertiary/aromatic N) is 1. The Kier molecular flexibility index (Phi) is 3.99.